The van der Waals surface area contributed by atoms with Gasteiger partial charge in [-0.05, 0) is 55.7 Å². The summed E-state index contributed by atoms with van der Waals surface area (Å²) in [5, 5.41) is 3.67. The van der Waals surface area contributed by atoms with Crippen LogP contribution in [0.5, 0.6) is 0 Å². The van der Waals surface area contributed by atoms with Crippen molar-refractivity contribution in [2.24, 2.45) is 0 Å². The SMILES string of the molecule is Cc1ccc(S(=O)(=O)Nc2cc(Cl)cc(Cl)c2)cc1C(=O)NC1CCCCC1. The minimum absolute atomic E-state index is 0.00277. The van der Waals surface area contributed by atoms with Gasteiger partial charge < -0.3 is 5.32 Å². The minimum Gasteiger partial charge on any atom is -0.349 e. The van der Waals surface area contributed by atoms with E-state index in [0.29, 0.717) is 15.6 Å². The van der Waals surface area contributed by atoms with Crippen LogP contribution in [-0.2, 0) is 10.0 Å². The molecule has 2 aromatic carbocycles. The van der Waals surface area contributed by atoms with E-state index in [9.17, 15) is 13.2 Å². The average Bonchev–Trinajstić information content (AvgIpc) is 2.61. The first kappa shape index (κ1) is 21.0. The molecule has 0 heterocycles. The Kier molecular flexibility index (Phi) is 6.53. The van der Waals surface area contributed by atoms with Gasteiger partial charge in [-0.25, -0.2) is 8.42 Å². The Hall–Kier alpha value is -1.76. The van der Waals surface area contributed by atoms with Crippen LogP contribution in [0, 0.1) is 6.92 Å². The molecule has 0 saturated heterocycles. The van der Waals surface area contributed by atoms with Gasteiger partial charge in [-0.15, -0.1) is 0 Å². The van der Waals surface area contributed by atoms with Gasteiger partial charge in [-0.2, -0.15) is 0 Å². The molecule has 150 valence electrons. The number of halogens is 2. The molecule has 0 aliphatic heterocycles. The van der Waals surface area contributed by atoms with E-state index >= 15 is 0 Å². The highest BCUT2D eigenvalue weighted by Crippen LogP contribution is 2.26. The molecule has 1 saturated carbocycles. The zero-order valence-electron chi connectivity index (χ0n) is 15.5. The number of hydrogen-bond donors (Lipinski definition) is 2. The summed E-state index contributed by atoms with van der Waals surface area (Å²) in [6, 6.07) is 9.11. The lowest BCUT2D eigenvalue weighted by atomic mass is 9.95. The van der Waals surface area contributed by atoms with Crippen molar-refractivity contribution in [3.63, 3.8) is 0 Å². The van der Waals surface area contributed by atoms with E-state index in [1.165, 1.54) is 36.8 Å². The Bertz CT molecular complexity index is 967. The molecule has 1 aliphatic rings. The van der Waals surface area contributed by atoms with Crippen molar-refractivity contribution in [1.82, 2.24) is 5.32 Å². The molecule has 0 atom stereocenters. The molecule has 2 N–H and O–H groups in total. The molecule has 8 heteroatoms. The Balaban J connectivity index is 1.83. The summed E-state index contributed by atoms with van der Waals surface area (Å²) in [4.78, 5) is 12.7. The summed E-state index contributed by atoms with van der Waals surface area (Å²) in [5.74, 6) is -0.243. The van der Waals surface area contributed by atoms with Crippen molar-refractivity contribution in [2.45, 2.75) is 50.0 Å². The van der Waals surface area contributed by atoms with Crippen LogP contribution in [0.15, 0.2) is 41.3 Å². The highest BCUT2D eigenvalue weighted by Gasteiger charge is 2.21. The first-order valence-electron chi connectivity index (χ1n) is 9.15. The standard InChI is InChI=1S/C20H22Cl2N2O3S/c1-13-7-8-18(12-19(13)20(25)23-16-5-3-2-4-6-16)28(26,27)24-17-10-14(21)9-15(22)11-17/h7-12,16,24H,2-6H2,1H3,(H,23,25). The number of hydrogen-bond acceptors (Lipinski definition) is 3. The first-order chi connectivity index (χ1) is 13.2. The van der Waals surface area contributed by atoms with Crippen LogP contribution < -0.4 is 10.0 Å². The molecular formula is C20H22Cl2N2O3S. The molecule has 1 aliphatic carbocycles. The predicted octanol–water partition coefficient (Wildman–Crippen LogP) is 5.17. The molecule has 5 nitrogen and oxygen atoms in total. The monoisotopic (exact) mass is 440 g/mol. The number of carbonyl (C=O) groups excluding carboxylic acids is 1. The van der Waals surface area contributed by atoms with Crippen LogP contribution in [0.2, 0.25) is 10.0 Å². The van der Waals surface area contributed by atoms with E-state index in [-0.39, 0.29) is 22.5 Å². The summed E-state index contributed by atoms with van der Waals surface area (Å²) in [7, 11) is -3.90. The van der Waals surface area contributed by atoms with E-state index in [0.717, 1.165) is 31.2 Å². The lowest BCUT2D eigenvalue weighted by molar-refractivity contribution is 0.0927. The van der Waals surface area contributed by atoms with Crippen LogP contribution in [0.1, 0.15) is 48.0 Å². The lowest BCUT2D eigenvalue weighted by Crippen LogP contribution is -2.36. The van der Waals surface area contributed by atoms with E-state index < -0.39 is 10.0 Å². The topological polar surface area (TPSA) is 75.3 Å². The van der Waals surface area contributed by atoms with Crippen molar-refractivity contribution >= 4 is 44.8 Å². The van der Waals surface area contributed by atoms with Crippen LogP contribution in [0.4, 0.5) is 5.69 Å². The van der Waals surface area contributed by atoms with Crippen LogP contribution >= 0.6 is 23.2 Å². The third-order valence-electron chi connectivity index (χ3n) is 4.82. The van der Waals surface area contributed by atoms with E-state index in [4.69, 9.17) is 23.2 Å². The Labute approximate surface area is 175 Å². The maximum Gasteiger partial charge on any atom is 0.261 e. The van der Waals surface area contributed by atoms with Gasteiger partial charge in [0.25, 0.3) is 15.9 Å². The van der Waals surface area contributed by atoms with Gasteiger partial charge in [-0.1, -0.05) is 48.5 Å². The van der Waals surface area contributed by atoms with Crippen molar-refractivity contribution < 1.29 is 13.2 Å². The minimum atomic E-state index is -3.90. The molecule has 0 aromatic heterocycles. The number of amides is 1. The number of benzene rings is 2. The van der Waals surface area contributed by atoms with Crippen molar-refractivity contribution in [2.75, 3.05) is 4.72 Å². The third kappa shape index (κ3) is 5.19. The molecular weight excluding hydrogens is 419 g/mol. The van der Waals surface area contributed by atoms with Gasteiger partial charge in [0.05, 0.1) is 10.6 Å². The Morgan fingerprint density at radius 2 is 1.64 bits per heavy atom. The van der Waals surface area contributed by atoms with E-state index in [1.807, 2.05) is 0 Å². The molecule has 0 bridgehead atoms. The smallest absolute Gasteiger partial charge is 0.261 e. The van der Waals surface area contributed by atoms with Gasteiger partial charge in [0, 0.05) is 21.7 Å². The van der Waals surface area contributed by atoms with Crippen molar-refractivity contribution in [1.29, 1.82) is 0 Å². The summed E-state index contributed by atoms with van der Waals surface area (Å²) < 4.78 is 28.0. The molecule has 2 aromatic rings. The molecule has 0 radical (unpaired) electrons. The van der Waals surface area contributed by atoms with Gasteiger partial charge >= 0.3 is 0 Å². The lowest BCUT2D eigenvalue weighted by Gasteiger charge is -2.23. The Morgan fingerprint density at radius 3 is 2.29 bits per heavy atom. The quantitative estimate of drug-likeness (QED) is 0.673. The Morgan fingerprint density at radius 1 is 1.00 bits per heavy atom. The third-order valence-corrected chi connectivity index (χ3v) is 6.63. The van der Waals surface area contributed by atoms with Crippen molar-refractivity contribution in [3.8, 4) is 0 Å². The maximum atomic E-state index is 12.8. The summed E-state index contributed by atoms with van der Waals surface area (Å²) in [6.07, 6.45) is 5.31. The fourth-order valence-corrected chi connectivity index (χ4v) is 4.94. The molecule has 1 amide bonds. The number of anilines is 1. The number of nitrogens with one attached hydrogen (secondary N) is 2. The summed E-state index contributed by atoms with van der Waals surface area (Å²) in [5.41, 5.74) is 1.34. The fraction of sp³-hybridized carbons (Fsp3) is 0.350. The van der Waals surface area contributed by atoms with Gasteiger partial charge in [0.1, 0.15) is 0 Å². The summed E-state index contributed by atoms with van der Waals surface area (Å²) >= 11 is 11.9. The van der Waals surface area contributed by atoms with Gasteiger partial charge in [0.15, 0.2) is 0 Å². The zero-order valence-corrected chi connectivity index (χ0v) is 17.8. The first-order valence-corrected chi connectivity index (χ1v) is 11.4. The van der Waals surface area contributed by atoms with Gasteiger partial charge in [0.2, 0.25) is 0 Å². The van der Waals surface area contributed by atoms with Crippen molar-refractivity contribution in [3.05, 3.63) is 57.6 Å². The van der Waals surface area contributed by atoms with E-state index in [1.54, 1.807) is 13.0 Å². The average molecular weight is 441 g/mol. The van der Waals surface area contributed by atoms with E-state index in [2.05, 4.69) is 10.0 Å². The molecule has 0 spiro atoms. The zero-order chi connectivity index (χ0) is 20.3. The largest absolute Gasteiger partial charge is 0.349 e. The second-order valence-corrected chi connectivity index (χ2v) is 9.60. The van der Waals surface area contributed by atoms with Gasteiger partial charge in [-0.3, -0.25) is 9.52 Å². The highest BCUT2D eigenvalue weighted by atomic mass is 35.5. The fourth-order valence-electron chi connectivity index (χ4n) is 3.35. The highest BCUT2D eigenvalue weighted by molar-refractivity contribution is 7.92. The van der Waals surface area contributed by atoms with Crippen LogP contribution in [0.25, 0.3) is 0 Å². The second kappa shape index (κ2) is 8.72. The number of carbonyl (C=O) groups is 1. The number of sulfonamides is 1. The molecule has 1 fully saturated rings. The van der Waals surface area contributed by atoms with Crippen LogP contribution in [0.3, 0.4) is 0 Å². The molecule has 0 unspecified atom stereocenters. The second-order valence-electron chi connectivity index (χ2n) is 7.05. The normalized spacial score (nSPS) is 15.2. The number of rotatable bonds is 5. The maximum absolute atomic E-state index is 12.8. The molecule has 3 rings (SSSR count). The predicted molar refractivity (Wildman–Crippen MR) is 113 cm³/mol. The summed E-state index contributed by atoms with van der Waals surface area (Å²) in [6.45, 7) is 1.79. The number of aryl methyl sites for hydroxylation is 1. The molecule has 28 heavy (non-hydrogen) atoms. The van der Waals surface area contributed by atoms with Crippen LogP contribution in [-0.4, -0.2) is 20.4 Å².